The Morgan fingerprint density at radius 2 is 1.90 bits per heavy atom. The molecule has 0 aromatic heterocycles. The zero-order chi connectivity index (χ0) is 20.4. The summed E-state index contributed by atoms with van der Waals surface area (Å²) in [5.41, 5.74) is 1.91. The van der Waals surface area contributed by atoms with Gasteiger partial charge in [0.25, 0.3) is 5.91 Å². The highest BCUT2D eigenvalue weighted by atomic mass is 32.2. The molecule has 0 saturated carbocycles. The number of carbonyl (C=O) groups is 1. The van der Waals surface area contributed by atoms with E-state index in [1.807, 2.05) is 60.5 Å². The zero-order valence-corrected chi connectivity index (χ0v) is 18.3. The number of para-hydroxylation sites is 1. The molecule has 2 aromatic carbocycles. The number of benzene rings is 2. The number of anilines is 1. The lowest BCUT2D eigenvalue weighted by Crippen LogP contribution is -2.30. The molecule has 2 aromatic rings. The van der Waals surface area contributed by atoms with Crippen LogP contribution < -0.4 is 9.64 Å². The SMILES string of the molecule is CCCCN1C(=O)C(=C2Sc3ccc(OC)cc3N2C)SC1=Nc1ccccc1. The van der Waals surface area contributed by atoms with E-state index >= 15 is 0 Å². The van der Waals surface area contributed by atoms with E-state index in [9.17, 15) is 4.79 Å². The van der Waals surface area contributed by atoms with Gasteiger partial charge >= 0.3 is 0 Å². The van der Waals surface area contributed by atoms with Crippen LogP contribution in [0, 0.1) is 0 Å². The maximum Gasteiger partial charge on any atom is 0.269 e. The number of ether oxygens (including phenoxy) is 1. The standard InChI is InChI=1S/C22H23N3O2S2/c1-4-5-13-25-20(26)19(29-22(25)23-15-9-7-6-8-10-15)21-24(2)17-14-16(27-3)11-12-18(17)28-21/h6-12,14H,4-5,13H2,1-3H3. The van der Waals surface area contributed by atoms with Gasteiger partial charge in [-0.05, 0) is 42.4 Å². The minimum absolute atomic E-state index is 0.0345. The number of amidine groups is 1. The van der Waals surface area contributed by atoms with Gasteiger partial charge in [-0.15, -0.1) is 0 Å². The van der Waals surface area contributed by atoms with Crippen molar-refractivity contribution < 1.29 is 9.53 Å². The molecule has 2 heterocycles. The van der Waals surface area contributed by atoms with Crippen molar-refractivity contribution in [2.45, 2.75) is 24.7 Å². The van der Waals surface area contributed by atoms with Crippen LogP contribution in [0.5, 0.6) is 5.75 Å². The van der Waals surface area contributed by atoms with Gasteiger partial charge in [0.2, 0.25) is 0 Å². The summed E-state index contributed by atoms with van der Waals surface area (Å²) in [5.74, 6) is 0.844. The van der Waals surface area contributed by atoms with Gasteiger partial charge in [0.1, 0.15) is 10.7 Å². The van der Waals surface area contributed by atoms with Crippen LogP contribution in [-0.4, -0.2) is 36.7 Å². The van der Waals surface area contributed by atoms with Crippen LogP contribution in [0.3, 0.4) is 0 Å². The largest absolute Gasteiger partial charge is 0.497 e. The lowest BCUT2D eigenvalue weighted by Gasteiger charge is -2.16. The summed E-state index contributed by atoms with van der Waals surface area (Å²) in [7, 11) is 3.66. The smallest absolute Gasteiger partial charge is 0.269 e. The number of hydrogen-bond donors (Lipinski definition) is 0. The highest BCUT2D eigenvalue weighted by Gasteiger charge is 2.38. The number of amides is 1. The monoisotopic (exact) mass is 425 g/mol. The Morgan fingerprint density at radius 3 is 2.62 bits per heavy atom. The number of unbranched alkanes of at least 4 members (excludes halogenated alkanes) is 1. The van der Waals surface area contributed by atoms with Gasteiger partial charge in [-0.25, -0.2) is 4.99 Å². The first-order valence-corrected chi connectivity index (χ1v) is 11.2. The number of methoxy groups -OCH3 is 1. The molecule has 150 valence electrons. The van der Waals surface area contributed by atoms with Crippen molar-refractivity contribution in [3.05, 3.63) is 58.5 Å². The van der Waals surface area contributed by atoms with Crippen molar-refractivity contribution in [3.63, 3.8) is 0 Å². The molecule has 1 fully saturated rings. The normalized spacial score (nSPS) is 20.0. The molecule has 2 aliphatic heterocycles. The van der Waals surface area contributed by atoms with Crippen LogP contribution >= 0.6 is 23.5 Å². The molecule has 2 aliphatic rings. The van der Waals surface area contributed by atoms with Crippen LogP contribution in [0.25, 0.3) is 0 Å². The number of nitrogens with zero attached hydrogens (tertiary/aromatic N) is 3. The van der Waals surface area contributed by atoms with E-state index in [1.165, 1.54) is 11.8 Å². The van der Waals surface area contributed by atoms with Crippen molar-refractivity contribution >= 4 is 46.0 Å². The fraction of sp³-hybridized carbons (Fsp3) is 0.273. The third-order valence-corrected chi connectivity index (χ3v) is 7.24. The summed E-state index contributed by atoms with van der Waals surface area (Å²) in [6.07, 6.45) is 1.97. The quantitative estimate of drug-likeness (QED) is 0.595. The Hall–Kier alpha value is -2.38. The fourth-order valence-electron chi connectivity index (χ4n) is 3.20. The summed E-state index contributed by atoms with van der Waals surface area (Å²) >= 11 is 3.09. The second-order valence-electron chi connectivity index (χ2n) is 6.77. The van der Waals surface area contributed by atoms with Gasteiger partial charge in [-0.2, -0.15) is 0 Å². The Morgan fingerprint density at radius 1 is 1.10 bits per heavy atom. The van der Waals surface area contributed by atoms with Crippen molar-refractivity contribution in [2.24, 2.45) is 4.99 Å². The van der Waals surface area contributed by atoms with Crippen LogP contribution in [0.4, 0.5) is 11.4 Å². The highest BCUT2D eigenvalue weighted by Crippen LogP contribution is 2.51. The maximum atomic E-state index is 13.3. The molecule has 4 rings (SSSR count). The summed E-state index contributed by atoms with van der Waals surface area (Å²) in [6.45, 7) is 2.81. The molecule has 0 spiro atoms. The lowest BCUT2D eigenvalue weighted by molar-refractivity contribution is -0.122. The first-order valence-electron chi connectivity index (χ1n) is 9.59. The second kappa shape index (κ2) is 8.55. The van der Waals surface area contributed by atoms with E-state index in [4.69, 9.17) is 9.73 Å². The maximum absolute atomic E-state index is 13.3. The Labute approximate surface area is 179 Å². The van der Waals surface area contributed by atoms with Gasteiger partial charge < -0.3 is 9.64 Å². The van der Waals surface area contributed by atoms with E-state index in [1.54, 1.807) is 18.9 Å². The third-order valence-electron chi connectivity index (χ3n) is 4.81. The van der Waals surface area contributed by atoms with Crippen molar-refractivity contribution in [1.29, 1.82) is 0 Å². The molecule has 29 heavy (non-hydrogen) atoms. The topological polar surface area (TPSA) is 45.1 Å². The molecule has 0 aliphatic carbocycles. The van der Waals surface area contributed by atoms with Gasteiger partial charge in [-0.1, -0.05) is 43.3 Å². The average Bonchev–Trinajstić information content (AvgIpc) is 3.23. The second-order valence-corrected chi connectivity index (χ2v) is 8.78. The van der Waals surface area contributed by atoms with E-state index < -0.39 is 0 Å². The fourth-order valence-corrected chi connectivity index (χ4v) is 5.55. The molecule has 1 amide bonds. The Balaban J connectivity index is 1.71. The van der Waals surface area contributed by atoms with E-state index in [2.05, 4.69) is 11.8 Å². The lowest BCUT2D eigenvalue weighted by atomic mass is 10.3. The van der Waals surface area contributed by atoms with Gasteiger partial charge in [0.15, 0.2) is 5.17 Å². The first-order chi connectivity index (χ1) is 14.1. The number of rotatable bonds is 5. The van der Waals surface area contributed by atoms with Crippen LogP contribution in [0.1, 0.15) is 19.8 Å². The minimum atomic E-state index is 0.0345. The highest BCUT2D eigenvalue weighted by molar-refractivity contribution is 8.19. The molecule has 0 unspecified atom stereocenters. The number of fused-ring (bicyclic) bond motifs is 1. The van der Waals surface area contributed by atoms with Gasteiger partial charge in [-0.3, -0.25) is 9.69 Å². The molecule has 0 N–H and O–H groups in total. The Kier molecular flexibility index (Phi) is 5.87. The van der Waals surface area contributed by atoms with Crippen LogP contribution in [-0.2, 0) is 4.79 Å². The summed E-state index contributed by atoms with van der Waals surface area (Å²) in [6, 6.07) is 15.8. The first kappa shape index (κ1) is 19.9. The van der Waals surface area contributed by atoms with E-state index in [0.29, 0.717) is 6.54 Å². The molecular weight excluding hydrogens is 402 g/mol. The van der Waals surface area contributed by atoms with Crippen molar-refractivity contribution in [2.75, 3.05) is 25.6 Å². The van der Waals surface area contributed by atoms with Gasteiger partial charge in [0, 0.05) is 24.6 Å². The average molecular weight is 426 g/mol. The summed E-state index contributed by atoms with van der Waals surface area (Å²) < 4.78 is 5.36. The zero-order valence-electron chi connectivity index (χ0n) is 16.7. The van der Waals surface area contributed by atoms with Crippen LogP contribution in [0.15, 0.2) is 68.4 Å². The minimum Gasteiger partial charge on any atom is -0.497 e. The van der Waals surface area contributed by atoms with Crippen LogP contribution in [0.2, 0.25) is 0 Å². The number of carbonyl (C=O) groups excluding carboxylic acids is 1. The number of thioether (sulfide) groups is 2. The van der Waals surface area contributed by atoms with E-state index in [-0.39, 0.29) is 5.91 Å². The summed E-state index contributed by atoms with van der Waals surface area (Å²) in [5, 5.41) is 1.70. The molecule has 0 radical (unpaired) electrons. The summed E-state index contributed by atoms with van der Waals surface area (Å²) in [4.78, 5) is 23.8. The van der Waals surface area contributed by atoms with Crippen molar-refractivity contribution in [3.8, 4) is 5.75 Å². The van der Waals surface area contributed by atoms with E-state index in [0.717, 1.165) is 50.0 Å². The molecule has 0 bridgehead atoms. The molecule has 5 nitrogen and oxygen atoms in total. The molecule has 0 atom stereocenters. The number of hydrogen-bond acceptors (Lipinski definition) is 6. The predicted molar refractivity (Wildman–Crippen MR) is 122 cm³/mol. The van der Waals surface area contributed by atoms with Gasteiger partial charge in [0.05, 0.1) is 23.5 Å². The molecular formula is C22H23N3O2S2. The van der Waals surface area contributed by atoms with Crippen molar-refractivity contribution in [1.82, 2.24) is 4.90 Å². The number of aliphatic imine (C=N–C) groups is 1. The third kappa shape index (κ3) is 3.89. The Bertz CT molecular complexity index is 989. The predicted octanol–water partition coefficient (Wildman–Crippen LogP) is 5.47. The molecule has 7 heteroatoms. The molecule has 1 saturated heterocycles.